The van der Waals surface area contributed by atoms with E-state index in [1.807, 2.05) is 19.3 Å². The van der Waals surface area contributed by atoms with Gasteiger partial charge in [0.2, 0.25) is 11.7 Å². The predicted octanol–water partition coefficient (Wildman–Crippen LogP) is 4.48. The molecule has 0 unspecified atom stereocenters. The Balaban J connectivity index is 0.000000231. The minimum atomic E-state index is -0.136. The van der Waals surface area contributed by atoms with Gasteiger partial charge in [-0.05, 0) is 65.0 Å². The maximum Gasteiger partial charge on any atom is 0.297 e. The van der Waals surface area contributed by atoms with E-state index in [9.17, 15) is 9.59 Å². The van der Waals surface area contributed by atoms with E-state index < -0.39 is 0 Å². The first-order valence-corrected chi connectivity index (χ1v) is 15.4. The smallest absolute Gasteiger partial charge is 0.297 e. The van der Waals surface area contributed by atoms with E-state index in [2.05, 4.69) is 55.9 Å². The number of nitrogens with one attached hydrogen (secondary N) is 1. The number of ether oxygens (including phenoxy) is 1. The number of carbonyl (C=O) groups is 1. The molecule has 4 heterocycles. The number of pyridine rings is 1. The molecule has 4 rings (SSSR count). The summed E-state index contributed by atoms with van der Waals surface area (Å²) >= 11 is 3.18. The van der Waals surface area contributed by atoms with Crippen LogP contribution in [0.2, 0.25) is 0 Å². The van der Waals surface area contributed by atoms with Gasteiger partial charge in [0.05, 0.1) is 40.5 Å². The van der Waals surface area contributed by atoms with Gasteiger partial charge in [0.1, 0.15) is 5.82 Å². The quantitative estimate of drug-likeness (QED) is 0.152. The predicted molar refractivity (Wildman–Crippen MR) is 174 cm³/mol. The molecule has 13 heteroatoms. The molecular formula is C29H40N8O3S2. The summed E-state index contributed by atoms with van der Waals surface area (Å²) in [7, 11) is 7.46. The Labute approximate surface area is 255 Å². The maximum absolute atomic E-state index is 12.1. The number of aryl methyl sites for hydroxylation is 2. The van der Waals surface area contributed by atoms with E-state index in [0.717, 1.165) is 58.8 Å². The van der Waals surface area contributed by atoms with Crippen LogP contribution < -0.4 is 20.5 Å². The zero-order chi connectivity index (χ0) is 30.6. The number of carbonyl (C=O) groups excluding carboxylic acids is 1. The van der Waals surface area contributed by atoms with Crippen molar-refractivity contribution in [3.8, 4) is 5.75 Å². The maximum atomic E-state index is 12.1. The van der Waals surface area contributed by atoms with Crippen molar-refractivity contribution >= 4 is 53.6 Å². The summed E-state index contributed by atoms with van der Waals surface area (Å²) < 4.78 is 6.61. The second-order valence-corrected chi connectivity index (χ2v) is 12.0. The molecule has 1 aliphatic rings. The van der Waals surface area contributed by atoms with Crippen molar-refractivity contribution in [2.24, 2.45) is 12.0 Å². The number of likely N-dealkylation sites (N-methyl/N-ethyl adjacent to an activating group) is 1. The summed E-state index contributed by atoms with van der Waals surface area (Å²) in [5.74, 6) is 2.38. The summed E-state index contributed by atoms with van der Waals surface area (Å²) in [6.45, 7) is 9.42. The Morgan fingerprint density at radius 2 is 2.07 bits per heavy atom. The molecule has 0 spiro atoms. The third-order valence-electron chi connectivity index (χ3n) is 6.75. The summed E-state index contributed by atoms with van der Waals surface area (Å²) in [5, 5.41) is 6.14. The Morgan fingerprint density at radius 1 is 1.29 bits per heavy atom. The lowest BCUT2D eigenvalue weighted by molar-refractivity contribution is 0.112. The van der Waals surface area contributed by atoms with Crippen molar-refractivity contribution in [3.63, 3.8) is 0 Å². The van der Waals surface area contributed by atoms with Crippen LogP contribution in [0.5, 0.6) is 5.75 Å². The molecule has 1 N–H and O–H groups in total. The Bertz CT molecular complexity index is 1420. The van der Waals surface area contributed by atoms with Crippen LogP contribution in [0.15, 0.2) is 39.7 Å². The first kappa shape index (κ1) is 33.0. The summed E-state index contributed by atoms with van der Waals surface area (Å²) in [6, 6.07) is 4.00. The number of aromatic nitrogens is 4. The van der Waals surface area contributed by atoms with Crippen LogP contribution in [0.3, 0.4) is 0 Å². The molecule has 0 radical (unpaired) electrons. The second-order valence-electron chi connectivity index (χ2n) is 9.94. The van der Waals surface area contributed by atoms with Gasteiger partial charge in [0.15, 0.2) is 6.29 Å². The molecule has 1 atom stereocenters. The third kappa shape index (κ3) is 8.97. The highest BCUT2D eigenvalue weighted by Crippen LogP contribution is 2.28. The summed E-state index contributed by atoms with van der Waals surface area (Å²) in [4.78, 5) is 45.2. The van der Waals surface area contributed by atoms with E-state index in [0.29, 0.717) is 17.5 Å². The highest BCUT2D eigenvalue weighted by Gasteiger charge is 2.23. The number of hydrogen-bond acceptors (Lipinski definition) is 12. The Kier molecular flexibility index (Phi) is 12.7. The molecule has 42 heavy (non-hydrogen) atoms. The van der Waals surface area contributed by atoms with Gasteiger partial charge in [-0.25, -0.2) is 15.0 Å². The average molecular weight is 613 g/mol. The van der Waals surface area contributed by atoms with Gasteiger partial charge in [0.25, 0.3) is 5.56 Å². The first-order chi connectivity index (χ1) is 20.2. The van der Waals surface area contributed by atoms with Crippen molar-refractivity contribution in [1.82, 2.24) is 24.4 Å². The molecule has 226 valence electrons. The van der Waals surface area contributed by atoms with Gasteiger partial charge in [-0.2, -0.15) is 0 Å². The molecule has 11 nitrogen and oxygen atoms in total. The van der Waals surface area contributed by atoms with Crippen molar-refractivity contribution in [2.75, 3.05) is 50.4 Å². The topological polar surface area (TPSA) is 118 Å². The van der Waals surface area contributed by atoms with Crippen LogP contribution in [-0.2, 0) is 7.05 Å². The summed E-state index contributed by atoms with van der Waals surface area (Å²) in [5.41, 5.74) is 2.23. The van der Waals surface area contributed by atoms with E-state index >= 15 is 0 Å². The summed E-state index contributed by atoms with van der Waals surface area (Å²) in [6.07, 6.45) is 7.36. The number of hydrogen-bond donors (Lipinski definition) is 1. The monoisotopic (exact) mass is 612 g/mol. The molecule has 0 amide bonds. The van der Waals surface area contributed by atoms with Crippen molar-refractivity contribution < 1.29 is 9.53 Å². The first-order valence-electron chi connectivity index (χ1n) is 13.6. The molecule has 1 aliphatic heterocycles. The molecule has 3 aromatic heterocycles. The molecular weight excluding hydrogens is 573 g/mol. The highest BCUT2D eigenvalue weighted by atomic mass is 32.2. The van der Waals surface area contributed by atoms with Crippen LogP contribution in [0.4, 0.5) is 11.8 Å². The molecule has 0 aromatic carbocycles. The lowest BCUT2D eigenvalue weighted by Crippen LogP contribution is -2.41. The van der Waals surface area contributed by atoms with Crippen molar-refractivity contribution in [3.05, 3.63) is 61.4 Å². The normalized spacial score (nSPS) is 15.5. The fourth-order valence-electron chi connectivity index (χ4n) is 4.42. The van der Waals surface area contributed by atoms with Gasteiger partial charge in [-0.15, -0.1) is 23.1 Å². The number of rotatable bonds is 10. The van der Waals surface area contributed by atoms with Crippen LogP contribution >= 0.6 is 23.1 Å². The standard InChI is InChI=1S/C15H16N4OS2.C14H24N4O2/c1-10-15(22-11(2)19-10)13(16-3)8-21-9-18-14-5-4-12(7-20)6-17-14;1-16(2)11-7-5-6-8-18(10-11)14-15-9-12(20-4)13(19)17(14)3/h4-8H,3,9H2,1-2H3,(H,17,18);9,11H,5-8,10H2,1-4H3/b13-8-;/t;11-/m.0/s1. The largest absolute Gasteiger partial charge is 0.490 e. The van der Waals surface area contributed by atoms with E-state index in [1.54, 1.807) is 46.8 Å². The molecule has 3 aromatic rings. The number of thioether (sulfide) groups is 1. The zero-order valence-electron chi connectivity index (χ0n) is 25.2. The van der Waals surface area contributed by atoms with Crippen molar-refractivity contribution in [1.29, 1.82) is 0 Å². The number of methoxy groups -OCH3 is 1. The number of aliphatic imine (C=N–C) groups is 1. The Morgan fingerprint density at radius 3 is 2.67 bits per heavy atom. The van der Waals surface area contributed by atoms with E-state index in [1.165, 1.54) is 32.3 Å². The van der Waals surface area contributed by atoms with Crippen LogP contribution in [0, 0.1) is 13.8 Å². The van der Waals surface area contributed by atoms with Crippen LogP contribution in [0.25, 0.3) is 5.70 Å². The van der Waals surface area contributed by atoms with Gasteiger partial charge in [-0.1, -0.05) is 6.42 Å². The minimum Gasteiger partial charge on any atom is -0.490 e. The number of aldehydes is 1. The van der Waals surface area contributed by atoms with Gasteiger partial charge < -0.3 is 19.9 Å². The number of nitrogens with zero attached hydrogens (tertiary/aromatic N) is 7. The van der Waals surface area contributed by atoms with E-state index in [-0.39, 0.29) is 11.3 Å². The van der Waals surface area contributed by atoms with Gasteiger partial charge in [-0.3, -0.25) is 19.1 Å². The number of anilines is 2. The number of thiazole rings is 1. The minimum absolute atomic E-state index is 0.136. The lowest BCUT2D eigenvalue weighted by Gasteiger charge is -2.30. The molecule has 0 saturated carbocycles. The van der Waals surface area contributed by atoms with E-state index in [4.69, 9.17) is 4.74 Å². The average Bonchev–Trinajstić information content (AvgIpc) is 3.16. The highest BCUT2D eigenvalue weighted by molar-refractivity contribution is 8.02. The SMILES string of the molecule is C=N/C(=C\SCNc1ccc(C=O)cn1)c1sc(C)nc1C.COc1cnc(N2CCCC[C@H](N(C)C)C2)n(C)c1=O. The third-order valence-corrected chi connectivity index (χ3v) is 8.55. The fourth-order valence-corrected chi connectivity index (χ4v) is 6.06. The van der Waals surface area contributed by atoms with Crippen molar-refractivity contribution in [2.45, 2.75) is 39.2 Å². The second kappa shape index (κ2) is 16.2. The molecule has 0 bridgehead atoms. The van der Waals surface area contributed by atoms with Gasteiger partial charge in [0, 0.05) is 37.9 Å². The van der Waals surface area contributed by atoms with Gasteiger partial charge >= 0.3 is 0 Å². The molecule has 0 aliphatic carbocycles. The molecule has 1 fully saturated rings. The Hall–Kier alpha value is -3.55. The fraction of sp³-hybridized carbons (Fsp3) is 0.448. The molecule has 1 saturated heterocycles. The van der Waals surface area contributed by atoms with Crippen LogP contribution in [0.1, 0.15) is 45.2 Å². The van der Waals surface area contributed by atoms with Crippen LogP contribution in [-0.4, -0.2) is 83.6 Å². The lowest BCUT2D eigenvalue weighted by atomic mass is 10.1. The zero-order valence-corrected chi connectivity index (χ0v) is 26.8.